The van der Waals surface area contributed by atoms with Gasteiger partial charge in [0.2, 0.25) is 0 Å². The minimum absolute atomic E-state index is 0.00125. The van der Waals surface area contributed by atoms with E-state index in [2.05, 4.69) is 12.1 Å². The Kier molecular flexibility index (Phi) is 0.957. The lowest BCUT2D eigenvalue weighted by atomic mass is 9.78. The van der Waals surface area contributed by atoms with Gasteiger partial charge in [0.25, 0.3) is 0 Å². The molecule has 0 aromatic heterocycles. The van der Waals surface area contributed by atoms with Gasteiger partial charge in [-0.25, -0.2) is 0 Å². The second kappa shape index (κ2) is 1.79. The second-order valence-electron chi connectivity index (χ2n) is 3.87. The number of fused-ring (bicyclic) bond motifs is 1. The van der Waals surface area contributed by atoms with Gasteiger partial charge in [0.15, 0.2) is 0 Å². The first kappa shape index (κ1) is 6.41. The number of carbonyl (C=O) groups excluding carboxylic acids is 1. The summed E-state index contributed by atoms with van der Waals surface area (Å²) in [5.74, 6) is 1.14. The molecule has 3 rings (SSSR count). The Morgan fingerprint density at radius 1 is 1.25 bits per heavy atom. The number of Topliss-reactive ketones (excluding diaryl/α,β-unsaturated/α-hetero) is 1. The first-order chi connectivity index (χ1) is 5.84. The van der Waals surface area contributed by atoms with Gasteiger partial charge < -0.3 is 0 Å². The highest BCUT2D eigenvalue weighted by Gasteiger charge is 2.68. The van der Waals surface area contributed by atoms with Crippen LogP contribution in [0.25, 0.3) is 0 Å². The van der Waals surface area contributed by atoms with E-state index in [9.17, 15) is 4.79 Å². The summed E-state index contributed by atoms with van der Waals surface area (Å²) in [5, 5.41) is 0. The van der Waals surface area contributed by atoms with Crippen LogP contribution in [0.1, 0.15) is 18.4 Å². The molecule has 2 saturated carbocycles. The zero-order valence-electron chi connectivity index (χ0n) is 6.79. The predicted molar refractivity (Wildman–Crippen MR) is 45.9 cm³/mol. The lowest BCUT2D eigenvalue weighted by Crippen LogP contribution is -2.32. The summed E-state index contributed by atoms with van der Waals surface area (Å²) in [6.45, 7) is 0. The Labute approximate surface area is 71.4 Å². The smallest absolute Gasteiger partial charge is 0.144 e. The largest absolute Gasteiger partial charge is 0.299 e. The lowest BCUT2D eigenvalue weighted by molar-refractivity contribution is -0.126. The van der Waals surface area contributed by atoms with E-state index >= 15 is 0 Å². The van der Waals surface area contributed by atoms with Crippen LogP contribution < -0.4 is 0 Å². The van der Waals surface area contributed by atoms with Crippen molar-refractivity contribution in [2.45, 2.75) is 18.3 Å². The van der Waals surface area contributed by atoms with Gasteiger partial charge in [-0.3, -0.25) is 4.79 Å². The molecule has 1 aromatic carbocycles. The van der Waals surface area contributed by atoms with Crippen molar-refractivity contribution in [2.75, 3.05) is 0 Å². The third-order valence-electron chi connectivity index (χ3n) is 3.32. The summed E-state index contributed by atoms with van der Waals surface area (Å²) in [6, 6.07) is 10.2. The van der Waals surface area contributed by atoms with Crippen LogP contribution in [-0.2, 0) is 10.2 Å². The molecule has 1 heteroatoms. The zero-order chi connectivity index (χ0) is 8.18. The van der Waals surface area contributed by atoms with Crippen molar-refractivity contribution in [2.24, 2.45) is 5.92 Å². The van der Waals surface area contributed by atoms with E-state index in [1.807, 2.05) is 18.2 Å². The molecule has 0 amide bonds. The van der Waals surface area contributed by atoms with Crippen LogP contribution in [-0.4, -0.2) is 5.78 Å². The van der Waals surface area contributed by atoms with Gasteiger partial charge in [-0.1, -0.05) is 30.3 Å². The Balaban J connectivity index is 2.06. The first-order valence-corrected chi connectivity index (χ1v) is 4.43. The SMILES string of the molecule is O=C1CC2CC12c1ccccc1. The van der Waals surface area contributed by atoms with E-state index in [-0.39, 0.29) is 5.41 Å². The molecule has 0 N–H and O–H groups in total. The fourth-order valence-corrected chi connectivity index (χ4v) is 2.44. The maximum absolute atomic E-state index is 11.4. The highest BCUT2D eigenvalue weighted by molar-refractivity contribution is 6.01. The Bertz CT molecular complexity index is 341. The molecule has 2 fully saturated rings. The lowest BCUT2D eigenvalue weighted by Gasteiger charge is -2.23. The summed E-state index contributed by atoms with van der Waals surface area (Å²) in [6.07, 6.45) is 1.94. The minimum Gasteiger partial charge on any atom is -0.299 e. The second-order valence-corrected chi connectivity index (χ2v) is 3.87. The maximum Gasteiger partial charge on any atom is 0.144 e. The van der Waals surface area contributed by atoms with Crippen molar-refractivity contribution in [3.63, 3.8) is 0 Å². The summed E-state index contributed by atoms with van der Waals surface area (Å²) in [5.41, 5.74) is 1.24. The predicted octanol–water partition coefficient (Wildman–Crippen LogP) is 1.92. The number of hydrogen-bond acceptors (Lipinski definition) is 1. The van der Waals surface area contributed by atoms with Crippen molar-refractivity contribution >= 4 is 5.78 Å². The van der Waals surface area contributed by atoms with Crippen LogP contribution in [0.15, 0.2) is 30.3 Å². The van der Waals surface area contributed by atoms with Crippen molar-refractivity contribution in [1.82, 2.24) is 0 Å². The number of carbonyl (C=O) groups is 1. The molecule has 60 valence electrons. The average molecular weight is 158 g/mol. The molecule has 2 aliphatic carbocycles. The van der Waals surface area contributed by atoms with Crippen molar-refractivity contribution < 1.29 is 4.79 Å². The third kappa shape index (κ3) is 0.544. The van der Waals surface area contributed by atoms with E-state index in [1.54, 1.807) is 0 Å². The molecule has 1 nitrogen and oxygen atoms in total. The number of rotatable bonds is 1. The van der Waals surface area contributed by atoms with Crippen LogP contribution in [0.3, 0.4) is 0 Å². The van der Waals surface area contributed by atoms with Gasteiger partial charge in [-0.2, -0.15) is 0 Å². The van der Waals surface area contributed by atoms with Crippen LogP contribution in [0.4, 0.5) is 0 Å². The van der Waals surface area contributed by atoms with Crippen LogP contribution in [0.5, 0.6) is 0 Å². The van der Waals surface area contributed by atoms with Gasteiger partial charge in [0.05, 0.1) is 5.41 Å². The molecular weight excluding hydrogens is 148 g/mol. The molecule has 12 heavy (non-hydrogen) atoms. The Hall–Kier alpha value is -1.11. The fourth-order valence-electron chi connectivity index (χ4n) is 2.44. The van der Waals surface area contributed by atoms with E-state index in [0.29, 0.717) is 11.7 Å². The van der Waals surface area contributed by atoms with E-state index in [4.69, 9.17) is 0 Å². The van der Waals surface area contributed by atoms with Crippen LogP contribution >= 0.6 is 0 Å². The van der Waals surface area contributed by atoms with E-state index in [1.165, 1.54) is 5.56 Å². The summed E-state index contributed by atoms with van der Waals surface area (Å²) in [7, 11) is 0. The van der Waals surface area contributed by atoms with E-state index in [0.717, 1.165) is 12.8 Å². The van der Waals surface area contributed by atoms with E-state index < -0.39 is 0 Å². The molecule has 1 aromatic rings. The summed E-state index contributed by atoms with van der Waals surface area (Å²) >= 11 is 0. The molecule has 0 heterocycles. The molecule has 0 aliphatic heterocycles. The minimum atomic E-state index is 0.00125. The molecule has 2 aliphatic rings. The van der Waals surface area contributed by atoms with Gasteiger partial charge in [0, 0.05) is 6.42 Å². The highest BCUT2D eigenvalue weighted by Crippen LogP contribution is 2.65. The van der Waals surface area contributed by atoms with Gasteiger partial charge >= 0.3 is 0 Å². The quantitative estimate of drug-likeness (QED) is 0.610. The Morgan fingerprint density at radius 2 is 2.00 bits per heavy atom. The highest BCUT2D eigenvalue weighted by atomic mass is 16.1. The molecule has 0 radical (unpaired) electrons. The molecule has 0 saturated heterocycles. The molecule has 2 atom stereocenters. The molecule has 2 unspecified atom stereocenters. The standard InChI is InChI=1S/C11H10O/c12-10-6-9-7-11(9,10)8-4-2-1-3-5-8/h1-5,9H,6-7H2. The topological polar surface area (TPSA) is 17.1 Å². The average Bonchev–Trinajstić information content (AvgIpc) is 2.74. The Morgan fingerprint density at radius 3 is 2.50 bits per heavy atom. The van der Waals surface area contributed by atoms with Gasteiger partial charge in [0.1, 0.15) is 5.78 Å². The summed E-state index contributed by atoms with van der Waals surface area (Å²) in [4.78, 5) is 11.4. The van der Waals surface area contributed by atoms with Crippen molar-refractivity contribution in [1.29, 1.82) is 0 Å². The third-order valence-corrected chi connectivity index (χ3v) is 3.32. The first-order valence-electron chi connectivity index (χ1n) is 4.43. The molecule has 0 spiro atoms. The number of hydrogen-bond donors (Lipinski definition) is 0. The van der Waals surface area contributed by atoms with Gasteiger partial charge in [-0.15, -0.1) is 0 Å². The molecule has 0 bridgehead atoms. The number of ketones is 1. The van der Waals surface area contributed by atoms with Crippen molar-refractivity contribution in [3.05, 3.63) is 35.9 Å². The monoisotopic (exact) mass is 158 g/mol. The van der Waals surface area contributed by atoms with Crippen LogP contribution in [0.2, 0.25) is 0 Å². The van der Waals surface area contributed by atoms with Crippen LogP contribution in [0, 0.1) is 5.92 Å². The number of benzene rings is 1. The summed E-state index contributed by atoms with van der Waals surface area (Å²) < 4.78 is 0. The fraction of sp³-hybridized carbons (Fsp3) is 0.364. The van der Waals surface area contributed by atoms with Gasteiger partial charge in [-0.05, 0) is 17.9 Å². The van der Waals surface area contributed by atoms with Crippen molar-refractivity contribution in [3.8, 4) is 0 Å². The maximum atomic E-state index is 11.4. The molecular formula is C11H10O. The zero-order valence-corrected chi connectivity index (χ0v) is 6.79. The normalized spacial score (nSPS) is 37.0.